The largest absolute Gasteiger partial charge is 0.397 e. The van der Waals surface area contributed by atoms with E-state index < -0.39 is 10.0 Å². The molecule has 102 valence electrons. The van der Waals surface area contributed by atoms with Gasteiger partial charge in [-0.3, -0.25) is 4.72 Å². The van der Waals surface area contributed by atoms with Gasteiger partial charge in [-0.25, -0.2) is 8.42 Å². The molecule has 0 saturated heterocycles. The number of nitrogens with two attached hydrogens (primary N) is 1. The number of hydrogen-bond donors (Lipinski definition) is 2. The zero-order chi connectivity index (χ0) is 13.8. The summed E-state index contributed by atoms with van der Waals surface area (Å²) < 4.78 is 31.6. The molecule has 18 heavy (non-hydrogen) atoms. The minimum absolute atomic E-state index is 0.000592. The Morgan fingerprint density at radius 2 is 2.11 bits per heavy atom. The van der Waals surface area contributed by atoms with Crippen LogP contribution in [0.25, 0.3) is 0 Å². The van der Waals surface area contributed by atoms with E-state index in [-0.39, 0.29) is 5.75 Å². The van der Waals surface area contributed by atoms with Crippen molar-refractivity contribution in [3.8, 4) is 0 Å². The second-order valence-corrected chi connectivity index (χ2v) is 6.67. The maximum atomic E-state index is 11.8. The Bertz CT molecular complexity index is 494. The SMILES string of the molecule is COCCCS(=O)(=O)Nc1c(N)cc(C)cc1Br. The maximum Gasteiger partial charge on any atom is 0.232 e. The van der Waals surface area contributed by atoms with E-state index in [9.17, 15) is 8.42 Å². The Morgan fingerprint density at radius 3 is 2.67 bits per heavy atom. The molecule has 1 rings (SSSR count). The van der Waals surface area contributed by atoms with Gasteiger partial charge in [0.15, 0.2) is 0 Å². The van der Waals surface area contributed by atoms with Gasteiger partial charge in [0.25, 0.3) is 0 Å². The number of anilines is 2. The number of hydrogen-bond acceptors (Lipinski definition) is 4. The summed E-state index contributed by atoms with van der Waals surface area (Å²) in [6.07, 6.45) is 0.440. The lowest BCUT2D eigenvalue weighted by Gasteiger charge is -2.12. The van der Waals surface area contributed by atoms with E-state index >= 15 is 0 Å². The molecule has 0 radical (unpaired) electrons. The number of ether oxygens (including phenoxy) is 1. The smallest absolute Gasteiger partial charge is 0.232 e. The molecular weight excluding hydrogens is 320 g/mol. The number of nitrogen functional groups attached to an aromatic ring is 1. The van der Waals surface area contributed by atoms with Crippen LogP contribution in [0, 0.1) is 6.92 Å². The van der Waals surface area contributed by atoms with Crippen molar-refractivity contribution in [2.75, 3.05) is 29.9 Å². The van der Waals surface area contributed by atoms with Gasteiger partial charge in [-0.1, -0.05) is 0 Å². The molecule has 0 aliphatic heterocycles. The number of aryl methyl sites for hydroxylation is 1. The van der Waals surface area contributed by atoms with Gasteiger partial charge >= 0.3 is 0 Å². The third kappa shape index (κ3) is 4.47. The first kappa shape index (κ1) is 15.3. The van der Waals surface area contributed by atoms with Crippen LogP contribution in [-0.2, 0) is 14.8 Å². The standard InChI is InChI=1S/C11H17BrN2O3S/c1-8-6-9(12)11(10(13)7-8)14-18(15,16)5-3-4-17-2/h6-7,14H,3-5,13H2,1-2H3. The van der Waals surface area contributed by atoms with Crippen molar-refractivity contribution in [3.05, 3.63) is 22.2 Å². The summed E-state index contributed by atoms with van der Waals surface area (Å²) in [6.45, 7) is 2.30. The van der Waals surface area contributed by atoms with Crippen molar-refractivity contribution in [3.63, 3.8) is 0 Å². The third-order valence-electron chi connectivity index (χ3n) is 2.28. The predicted molar refractivity (Wildman–Crippen MR) is 77.2 cm³/mol. The highest BCUT2D eigenvalue weighted by atomic mass is 79.9. The number of sulfonamides is 1. The summed E-state index contributed by atoms with van der Waals surface area (Å²) in [5.74, 6) is 0.000592. The highest BCUT2D eigenvalue weighted by Crippen LogP contribution is 2.31. The van der Waals surface area contributed by atoms with E-state index in [2.05, 4.69) is 20.7 Å². The first-order valence-corrected chi connectivity index (χ1v) is 7.85. The average molecular weight is 337 g/mol. The lowest BCUT2D eigenvalue weighted by atomic mass is 10.2. The summed E-state index contributed by atoms with van der Waals surface area (Å²) >= 11 is 3.30. The van der Waals surface area contributed by atoms with Gasteiger partial charge in [-0.2, -0.15) is 0 Å². The molecule has 0 atom stereocenters. The van der Waals surface area contributed by atoms with Gasteiger partial charge in [0.05, 0.1) is 17.1 Å². The molecule has 0 unspecified atom stereocenters. The van der Waals surface area contributed by atoms with Crippen LogP contribution in [0.4, 0.5) is 11.4 Å². The van der Waals surface area contributed by atoms with Gasteiger partial charge in [-0.15, -0.1) is 0 Å². The molecule has 0 saturated carbocycles. The van der Waals surface area contributed by atoms with E-state index in [1.54, 1.807) is 6.07 Å². The number of methoxy groups -OCH3 is 1. The molecule has 0 fully saturated rings. The molecular formula is C11H17BrN2O3S. The molecule has 1 aromatic carbocycles. The quantitative estimate of drug-likeness (QED) is 0.615. The fourth-order valence-corrected chi connectivity index (χ4v) is 3.44. The van der Waals surface area contributed by atoms with Crippen molar-refractivity contribution < 1.29 is 13.2 Å². The molecule has 5 nitrogen and oxygen atoms in total. The monoisotopic (exact) mass is 336 g/mol. The second-order valence-electron chi connectivity index (χ2n) is 3.98. The summed E-state index contributed by atoms with van der Waals surface area (Å²) in [7, 11) is -1.87. The van der Waals surface area contributed by atoms with E-state index in [1.165, 1.54) is 7.11 Å². The van der Waals surface area contributed by atoms with Crippen LogP contribution in [0.3, 0.4) is 0 Å². The molecule has 0 amide bonds. The van der Waals surface area contributed by atoms with Crippen molar-refractivity contribution in [1.82, 2.24) is 0 Å². The molecule has 0 aliphatic rings. The van der Waals surface area contributed by atoms with E-state index in [4.69, 9.17) is 10.5 Å². The summed E-state index contributed by atoms with van der Waals surface area (Å²) in [6, 6.07) is 3.53. The molecule has 0 heterocycles. The van der Waals surface area contributed by atoms with Gasteiger partial charge in [0.2, 0.25) is 10.0 Å². The summed E-state index contributed by atoms with van der Waals surface area (Å²) in [5.41, 5.74) is 7.55. The Kier molecular flexibility index (Phi) is 5.43. The zero-order valence-electron chi connectivity index (χ0n) is 10.4. The topological polar surface area (TPSA) is 81.4 Å². The Labute approximate surface area is 116 Å². The van der Waals surface area contributed by atoms with E-state index in [0.717, 1.165) is 5.56 Å². The van der Waals surface area contributed by atoms with Crippen molar-refractivity contribution in [2.24, 2.45) is 0 Å². The van der Waals surface area contributed by atoms with Crippen LogP contribution < -0.4 is 10.5 Å². The third-order valence-corrected chi connectivity index (χ3v) is 4.25. The first-order valence-electron chi connectivity index (χ1n) is 5.41. The number of rotatable bonds is 6. The molecule has 3 N–H and O–H groups in total. The minimum Gasteiger partial charge on any atom is -0.397 e. The molecule has 7 heteroatoms. The second kappa shape index (κ2) is 6.40. The van der Waals surface area contributed by atoms with Crippen LogP contribution in [0.5, 0.6) is 0 Å². The highest BCUT2D eigenvalue weighted by molar-refractivity contribution is 9.10. The number of benzene rings is 1. The van der Waals surface area contributed by atoms with Gasteiger partial charge in [0, 0.05) is 18.2 Å². The van der Waals surface area contributed by atoms with Gasteiger partial charge < -0.3 is 10.5 Å². The zero-order valence-corrected chi connectivity index (χ0v) is 12.8. The molecule has 0 aromatic heterocycles. The van der Waals surface area contributed by atoms with Crippen molar-refractivity contribution in [2.45, 2.75) is 13.3 Å². The molecule has 1 aromatic rings. The fraction of sp³-hybridized carbons (Fsp3) is 0.455. The van der Waals surface area contributed by atoms with Crippen LogP contribution in [0.1, 0.15) is 12.0 Å². The van der Waals surface area contributed by atoms with Gasteiger partial charge in [0.1, 0.15) is 0 Å². The highest BCUT2D eigenvalue weighted by Gasteiger charge is 2.14. The average Bonchev–Trinajstić information content (AvgIpc) is 2.23. The number of nitrogens with one attached hydrogen (secondary N) is 1. The van der Waals surface area contributed by atoms with E-state index in [1.807, 2.05) is 13.0 Å². The van der Waals surface area contributed by atoms with Crippen LogP contribution >= 0.6 is 15.9 Å². The Morgan fingerprint density at radius 1 is 1.44 bits per heavy atom. The van der Waals surface area contributed by atoms with Crippen LogP contribution in [-0.4, -0.2) is 27.9 Å². The lowest BCUT2D eigenvalue weighted by molar-refractivity contribution is 0.199. The van der Waals surface area contributed by atoms with E-state index in [0.29, 0.717) is 28.9 Å². The van der Waals surface area contributed by atoms with Gasteiger partial charge in [-0.05, 0) is 47.0 Å². The van der Waals surface area contributed by atoms with Crippen LogP contribution in [0.2, 0.25) is 0 Å². The summed E-state index contributed by atoms with van der Waals surface area (Å²) in [5, 5.41) is 0. The van der Waals surface area contributed by atoms with Crippen molar-refractivity contribution >= 4 is 37.3 Å². The normalized spacial score (nSPS) is 11.5. The maximum absolute atomic E-state index is 11.8. The summed E-state index contributed by atoms with van der Waals surface area (Å²) in [4.78, 5) is 0. The first-order chi connectivity index (χ1) is 8.35. The van der Waals surface area contributed by atoms with Crippen LogP contribution in [0.15, 0.2) is 16.6 Å². The molecule has 0 aliphatic carbocycles. The Balaban J connectivity index is 2.84. The fourth-order valence-electron chi connectivity index (χ4n) is 1.48. The minimum atomic E-state index is -3.40. The molecule has 0 bridgehead atoms. The Hall–Kier alpha value is -0.790. The number of halogens is 1. The molecule has 0 spiro atoms. The predicted octanol–water partition coefficient (Wildman–Crippen LogP) is 2.12. The lowest BCUT2D eigenvalue weighted by Crippen LogP contribution is -2.19. The van der Waals surface area contributed by atoms with Crippen molar-refractivity contribution in [1.29, 1.82) is 0 Å².